The first-order chi connectivity index (χ1) is 36.8. The molecule has 0 saturated carbocycles. The summed E-state index contributed by atoms with van der Waals surface area (Å²) in [4.78, 5) is 117. The summed E-state index contributed by atoms with van der Waals surface area (Å²) < 4.78 is 31.4. The molecule has 78 heavy (non-hydrogen) atoms. The van der Waals surface area contributed by atoms with Crippen molar-refractivity contribution >= 4 is 53.1 Å². The van der Waals surface area contributed by atoms with E-state index in [-0.39, 0.29) is 99.1 Å². The number of carboxylic acid groups (broad SMARTS) is 1. The standard InChI is InChI=1S/C57H80F2N8O11/c1-35(2)51(64-48(71)19-12-9-15-26-67-49(72)29-37(4)55(67)76)46(69)28-36(3)53(74)63-44(56(77)78)18-13-14-24-61-47(70)22-25-62-54(75)43(60)23-27-66(50(73)34-68)52(57(5,6)7)45-30-39(41-31-40(58)20-21-42(41)59)33-65(45)32-38-16-10-8-11-17-38/h8,10-11,16-17,20-21,30-31,33,35-37,43-44,51-52,68H,9,12-15,18-19,22-29,32,34,60H2,1-7H3,(H,61,70)(H,62,75)(H,63,74)(H,64,71)(H,77,78)/t36-,37?,43+,44+,51+,52+/m1/s1. The van der Waals surface area contributed by atoms with Crippen molar-refractivity contribution in [3.05, 3.63) is 83.7 Å². The van der Waals surface area contributed by atoms with Gasteiger partial charge in [0.2, 0.25) is 41.4 Å². The molecule has 4 rings (SSSR count). The molecule has 0 aliphatic carbocycles. The van der Waals surface area contributed by atoms with E-state index in [1.807, 2.05) is 55.7 Å². The molecule has 0 radical (unpaired) electrons. The van der Waals surface area contributed by atoms with Gasteiger partial charge in [0, 0.05) is 93.3 Å². The number of nitrogens with one attached hydrogen (secondary N) is 4. The molecule has 0 bridgehead atoms. The van der Waals surface area contributed by atoms with Gasteiger partial charge in [-0.15, -0.1) is 0 Å². The number of halogens is 2. The summed E-state index contributed by atoms with van der Waals surface area (Å²) in [5.74, 6) is -7.40. The van der Waals surface area contributed by atoms with Crippen LogP contribution in [0.3, 0.4) is 0 Å². The van der Waals surface area contributed by atoms with Crippen LogP contribution >= 0.6 is 0 Å². The molecule has 8 N–H and O–H groups in total. The van der Waals surface area contributed by atoms with Crippen molar-refractivity contribution in [3.63, 3.8) is 0 Å². The van der Waals surface area contributed by atoms with Crippen molar-refractivity contribution in [1.82, 2.24) is 35.6 Å². The summed E-state index contributed by atoms with van der Waals surface area (Å²) >= 11 is 0. The molecule has 6 atom stereocenters. The van der Waals surface area contributed by atoms with Crippen LogP contribution in [0.4, 0.5) is 8.78 Å². The van der Waals surface area contributed by atoms with Crippen molar-refractivity contribution < 1.29 is 62.1 Å². The Hall–Kier alpha value is -6.87. The molecule has 1 aliphatic rings. The monoisotopic (exact) mass is 1090 g/mol. The van der Waals surface area contributed by atoms with Crippen molar-refractivity contribution in [2.24, 2.45) is 28.9 Å². The van der Waals surface area contributed by atoms with E-state index in [9.17, 15) is 57.8 Å². The number of benzene rings is 2. The third kappa shape index (κ3) is 19.2. The van der Waals surface area contributed by atoms with Crippen molar-refractivity contribution in [2.45, 2.75) is 150 Å². The number of Topliss-reactive ketones (excluding diaryl/α,β-unsaturated/α-hetero) is 1. The van der Waals surface area contributed by atoms with Gasteiger partial charge in [0.05, 0.1) is 18.1 Å². The molecule has 7 amide bonds. The zero-order valence-corrected chi connectivity index (χ0v) is 46.1. The van der Waals surface area contributed by atoms with E-state index in [0.717, 1.165) is 23.8 Å². The number of carboxylic acids is 1. The largest absolute Gasteiger partial charge is 0.480 e. The van der Waals surface area contributed by atoms with Crippen molar-refractivity contribution in [3.8, 4) is 11.1 Å². The number of aliphatic hydroxyl groups excluding tert-OH is 1. The Morgan fingerprint density at radius 1 is 0.833 bits per heavy atom. The molecule has 0 spiro atoms. The zero-order valence-electron chi connectivity index (χ0n) is 46.1. The molecule has 21 heteroatoms. The SMILES string of the molecule is CC1CC(=O)N(CCCCCC(=O)N[C@H](C(=O)C[C@@H](C)C(=O)N[C@@H](CCCCNC(=O)CCNC(=O)[C@@H](N)CCN(C(=O)CO)[C@@H](c2cc(-c3cc(F)ccc3F)cn2Cc2ccccc2)C(C)(C)C)C(=O)O)C(C)C)C1=O. The fourth-order valence-electron chi connectivity index (χ4n) is 9.50. The van der Waals surface area contributed by atoms with Crippen LogP contribution in [0.15, 0.2) is 60.8 Å². The number of aliphatic carboxylic acids is 1. The van der Waals surface area contributed by atoms with E-state index < -0.39 is 83.3 Å². The number of carbonyl (C=O) groups excluding carboxylic acids is 8. The first-order valence-electron chi connectivity index (χ1n) is 26.9. The number of unbranched alkanes of at least 4 members (excludes halogenated alkanes) is 3. The van der Waals surface area contributed by atoms with Gasteiger partial charge in [-0.05, 0) is 79.7 Å². The minimum Gasteiger partial charge on any atom is -0.480 e. The number of imide groups is 1. The average Bonchev–Trinajstić information content (AvgIpc) is 3.90. The van der Waals surface area contributed by atoms with Gasteiger partial charge in [-0.1, -0.05) is 85.2 Å². The quantitative estimate of drug-likeness (QED) is 0.0316. The van der Waals surface area contributed by atoms with Gasteiger partial charge in [0.15, 0.2) is 5.78 Å². The maximum absolute atomic E-state index is 15.1. The van der Waals surface area contributed by atoms with Gasteiger partial charge in [0.1, 0.15) is 24.3 Å². The van der Waals surface area contributed by atoms with Crippen LogP contribution in [-0.4, -0.2) is 129 Å². The fourth-order valence-corrected chi connectivity index (χ4v) is 9.50. The number of likely N-dealkylation sites (tertiary alicyclic amines) is 1. The second-order valence-corrected chi connectivity index (χ2v) is 21.7. The third-order valence-electron chi connectivity index (χ3n) is 13.8. The van der Waals surface area contributed by atoms with Gasteiger partial charge < -0.3 is 46.7 Å². The van der Waals surface area contributed by atoms with Gasteiger partial charge in [-0.3, -0.25) is 43.3 Å². The molecule has 3 aromatic rings. The number of aromatic nitrogens is 1. The first kappa shape index (κ1) is 63.7. The topological polar surface area (TPSA) is 280 Å². The van der Waals surface area contributed by atoms with Crippen LogP contribution in [0, 0.1) is 34.8 Å². The number of rotatable bonds is 32. The Bertz CT molecular complexity index is 2570. The Balaban J connectivity index is 1.20. The highest BCUT2D eigenvalue weighted by Crippen LogP contribution is 2.41. The number of hydrogen-bond acceptors (Lipinski definition) is 11. The summed E-state index contributed by atoms with van der Waals surface area (Å²) in [6.45, 7) is 12.2. The van der Waals surface area contributed by atoms with Crippen LogP contribution in [-0.2, 0) is 49.7 Å². The molecule has 1 fully saturated rings. The van der Waals surface area contributed by atoms with E-state index in [2.05, 4.69) is 21.3 Å². The lowest BCUT2D eigenvalue weighted by atomic mass is 9.82. The lowest BCUT2D eigenvalue weighted by Gasteiger charge is -2.41. The van der Waals surface area contributed by atoms with Gasteiger partial charge >= 0.3 is 5.97 Å². The van der Waals surface area contributed by atoms with Crippen LogP contribution in [0.2, 0.25) is 0 Å². The highest BCUT2D eigenvalue weighted by molar-refractivity contribution is 6.03. The lowest BCUT2D eigenvalue weighted by Crippen LogP contribution is -2.47. The van der Waals surface area contributed by atoms with E-state index in [4.69, 9.17) is 5.73 Å². The summed E-state index contributed by atoms with van der Waals surface area (Å²) in [6.07, 6.45) is 4.00. The van der Waals surface area contributed by atoms with E-state index in [1.165, 1.54) is 16.7 Å². The van der Waals surface area contributed by atoms with Crippen LogP contribution in [0.25, 0.3) is 11.1 Å². The Morgan fingerprint density at radius 2 is 1.54 bits per heavy atom. The third-order valence-corrected chi connectivity index (χ3v) is 13.8. The number of nitrogens with two attached hydrogens (primary N) is 1. The van der Waals surface area contributed by atoms with Crippen LogP contribution < -0.4 is 27.0 Å². The highest BCUT2D eigenvalue weighted by Gasteiger charge is 2.38. The maximum Gasteiger partial charge on any atom is 0.326 e. The van der Waals surface area contributed by atoms with E-state index >= 15 is 4.39 Å². The normalized spacial score (nSPS) is 15.5. The number of nitrogens with zero attached hydrogens (tertiary/aromatic N) is 3. The summed E-state index contributed by atoms with van der Waals surface area (Å²) in [5, 5.41) is 30.6. The molecule has 1 aromatic heterocycles. The van der Waals surface area contributed by atoms with Crippen molar-refractivity contribution in [2.75, 3.05) is 32.8 Å². The zero-order chi connectivity index (χ0) is 57.9. The molecule has 19 nitrogen and oxygen atoms in total. The van der Waals surface area contributed by atoms with Crippen molar-refractivity contribution in [1.29, 1.82) is 0 Å². The Morgan fingerprint density at radius 3 is 2.17 bits per heavy atom. The molecule has 2 aromatic carbocycles. The maximum atomic E-state index is 15.1. The number of amides is 7. The average molecular weight is 1090 g/mol. The Labute approximate surface area is 455 Å². The molecule has 1 aliphatic heterocycles. The van der Waals surface area contributed by atoms with Crippen LogP contribution in [0.1, 0.15) is 136 Å². The molecular weight excluding hydrogens is 1010 g/mol. The number of aliphatic hydroxyl groups is 1. The molecule has 1 saturated heterocycles. The number of ketones is 1. The molecular formula is C57H80F2N8O11. The lowest BCUT2D eigenvalue weighted by molar-refractivity contribution is -0.143. The predicted octanol–water partition coefficient (Wildman–Crippen LogP) is 5.16. The summed E-state index contributed by atoms with van der Waals surface area (Å²) in [6, 6.07) is 10.3. The van der Waals surface area contributed by atoms with Gasteiger partial charge in [-0.25, -0.2) is 13.6 Å². The van der Waals surface area contributed by atoms with Gasteiger partial charge in [0.25, 0.3) is 0 Å². The number of hydrogen-bond donors (Lipinski definition) is 7. The molecule has 2 heterocycles. The fraction of sp³-hybridized carbons (Fsp3) is 0.561. The minimum atomic E-state index is -1.27. The summed E-state index contributed by atoms with van der Waals surface area (Å²) in [5.41, 5.74) is 7.50. The van der Waals surface area contributed by atoms with E-state index in [1.54, 1.807) is 33.0 Å². The highest BCUT2D eigenvalue weighted by atomic mass is 19.1. The first-order valence-corrected chi connectivity index (χ1v) is 26.9. The smallest absolute Gasteiger partial charge is 0.326 e. The number of carbonyl (C=O) groups is 9. The molecule has 1 unspecified atom stereocenters. The second-order valence-electron chi connectivity index (χ2n) is 21.7. The Kier molecular flexibility index (Phi) is 24.7. The minimum absolute atomic E-state index is 0.0298. The molecule has 428 valence electrons. The summed E-state index contributed by atoms with van der Waals surface area (Å²) in [7, 11) is 0. The van der Waals surface area contributed by atoms with Crippen LogP contribution in [0.5, 0.6) is 0 Å². The predicted molar refractivity (Wildman–Crippen MR) is 287 cm³/mol. The van der Waals surface area contributed by atoms with Gasteiger partial charge in [-0.2, -0.15) is 0 Å². The second kappa shape index (κ2) is 30.3. The van der Waals surface area contributed by atoms with E-state index in [0.29, 0.717) is 56.5 Å².